The Labute approximate surface area is 129 Å². The fraction of sp³-hybridized carbons (Fsp3) is 0.538. The van der Waals surface area contributed by atoms with Gasteiger partial charge in [-0.1, -0.05) is 12.8 Å². The number of fused-ring (bicyclic) bond motifs is 1. The summed E-state index contributed by atoms with van der Waals surface area (Å²) in [5.41, 5.74) is 5.39. The zero-order valence-corrected chi connectivity index (χ0v) is 12.0. The number of halogens is 3. The van der Waals surface area contributed by atoms with Crippen LogP contribution in [0.5, 0.6) is 0 Å². The van der Waals surface area contributed by atoms with Crippen LogP contribution in [0.25, 0.3) is 5.65 Å². The number of primary amides is 1. The van der Waals surface area contributed by atoms with Crippen molar-refractivity contribution in [1.82, 2.24) is 19.8 Å². The molecule has 2 atom stereocenters. The summed E-state index contributed by atoms with van der Waals surface area (Å²) in [4.78, 5) is 11.5. The highest BCUT2D eigenvalue weighted by Gasteiger charge is 2.38. The van der Waals surface area contributed by atoms with Crippen LogP contribution in [-0.2, 0) is 11.0 Å². The Hall–Kier alpha value is -2.39. The monoisotopic (exact) mass is 328 g/mol. The molecular formula is C13H15F3N6O. The van der Waals surface area contributed by atoms with Gasteiger partial charge in [-0.05, 0) is 25.0 Å². The van der Waals surface area contributed by atoms with E-state index in [4.69, 9.17) is 5.73 Å². The van der Waals surface area contributed by atoms with Crippen molar-refractivity contribution in [2.45, 2.75) is 37.9 Å². The molecule has 1 saturated carbocycles. The fourth-order valence-corrected chi connectivity index (χ4v) is 2.88. The Morgan fingerprint density at radius 1 is 1.26 bits per heavy atom. The quantitative estimate of drug-likeness (QED) is 0.892. The molecule has 2 unspecified atom stereocenters. The number of carbonyl (C=O) groups excluding carboxylic acids is 1. The largest absolute Gasteiger partial charge is 0.453 e. The molecule has 124 valence electrons. The van der Waals surface area contributed by atoms with E-state index in [0.29, 0.717) is 17.4 Å². The fourth-order valence-electron chi connectivity index (χ4n) is 2.88. The Morgan fingerprint density at radius 2 is 2.00 bits per heavy atom. The number of nitrogens with two attached hydrogens (primary N) is 1. The third-order valence-corrected chi connectivity index (χ3v) is 3.98. The van der Waals surface area contributed by atoms with Crippen molar-refractivity contribution in [3.63, 3.8) is 0 Å². The molecule has 0 spiro atoms. The molecule has 0 bridgehead atoms. The summed E-state index contributed by atoms with van der Waals surface area (Å²) in [5, 5.41) is 13.5. The summed E-state index contributed by atoms with van der Waals surface area (Å²) in [5.74, 6) is -1.74. The maximum absolute atomic E-state index is 12.9. The molecule has 0 aromatic carbocycles. The second-order valence-corrected chi connectivity index (χ2v) is 5.55. The molecular weight excluding hydrogens is 313 g/mol. The lowest BCUT2D eigenvalue weighted by Gasteiger charge is -2.30. The first-order valence-electron chi connectivity index (χ1n) is 7.22. The number of alkyl halides is 3. The third kappa shape index (κ3) is 3.06. The average molecular weight is 328 g/mol. The normalized spacial score (nSPS) is 22.2. The van der Waals surface area contributed by atoms with E-state index < -0.39 is 17.9 Å². The van der Waals surface area contributed by atoms with E-state index in [0.717, 1.165) is 12.8 Å². The number of aromatic nitrogens is 4. The van der Waals surface area contributed by atoms with Crippen LogP contribution in [0.3, 0.4) is 0 Å². The van der Waals surface area contributed by atoms with Crippen LogP contribution < -0.4 is 11.1 Å². The summed E-state index contributed by atoms with van der Waals surface area (Å²) < 4.78 is 39.2. The van der Waals surface area contributed by atoms with E-state index in [1.807, 2.05) is 0 Å². The Kier molecular flexibility index (Phi) is 3.82. The van der Waals surface area contributed by atoms with Crippen molar-refractivity contribution >= 4 is 17.4 Å². The number of hydrogen-bond acceptors (Lipinski definition) is 5. The van der Waals surface area contributed by atoms with Crippen LogP contribution in [0.2, 0.25) is 0 Å². The van der Waals surface area contributed by atoms with Gasteiger partial charge >= 0.3 is 6.18 Å². The third-order valence-electron chi connectivity index (χ3n) is 3.98. The minimum Gasteiger partial charge on any atom is -0.369 e. The molecule has 1 aliphatic rings. The molecule has 1 aliphatic carbocycles. The summed E-state index contributed by atoms with van der Waals surface area (Å²) >= 11 is 0. The van der Waals surface area contributed by atoms with Gasteiger partial charge in [-0.3, -0.25) is 4.79 Å². The average Bonchev–Trinajstić information content (AvgIpc) is 2.90. The van der Waals surface area contributed by atoms with Crippen molar-refractivity contribution < 1.29 is 18.0 Å². The minimum atomic E-state index is -4.65. The SMILES string of the molecule is NC(=O)C1CCCCC1Nc1ccc2nnc(C(F)(F)F)n2n1. The maximum Gasteiger partial charge on any atom is 0.453 e. The number of nitrogens with zero attached hydrogens (tertiary/aromatic N) is 4. The van der Waals surface area contributed by atoms with Crippen LogP contribution in [0, 0.1) is 5.92 Å². The van der Waals surface area contributed by atoms with Gasteiger partial charge in [-0.15, -0.1) is 15.3 Å². The van der Waals surface area contributed by atoms with Gasteiger partial charge in [-0.2, -0.15) is 17.7 Å². The predicted octanol–water partition coefficient (Wildman–Crippen LogP) is 1.60. The maximum atomic E-state index is 12.9. The summed E-state index contributed by atoms with van der Waals surface area (Å²) in [7, 11) is 0. The van der Waals surface area contributed by atoms with Crippen molar-refractivity contribution in [2.24, 2.45) is 11.7 Å². The molecule has 1 fully saturated rings. The number of nitrogens with one attached hydrogen (secondary N) is 1. The summed E-state index contributed by atoms with van der Waals surface area (Å²) in [6.07, 6.45) is -1.45. The zero-order valence-electron chi connectivity index (χ0n) is 12.0. The molecule has 2 aromatic rings. The minimum absolute atomic E-state index is 0.00188. The van der Waals surface area contributed by atoms with E-state index in [2.05, 4.69) is 20.6 Å². The molecule has 0 radical (unpaired) electrons. The van der Waals surface area contributed by atoms with E-state index in [1.165, 1.54) is 12.1 Å². The lowest BCUT2D eigenvalue weighted by Crippen LogP contribution is -2.40. The topological polar surface area (TPSA) is 98.2 Å². The molecule has 1 amide bonds. The summed E-state index contributed by atoms with van der Waals surface area (Å²) in [6, 6.07) is 2.66. The predicted molar refractivity (Wildman–Crippen MR) is 74.3 cm³/mol. The molecule has 2 heterocycles. The van der Waals surface area contributed by atoms with Gasteiger partial charge < -0.3 is 11.1 Å². The number of amides is 1. The molecule has 7 nitrogen and oxygen atoms in total. The Balaban J connectivity index is 1.89. The number of carbonyl (C=O) groups is 1. The van der Waals surface area contributed by atoms with E-state index in [-0.39, 0.29) is 23.4 Å². The van der Waals surface area contributed by atoms with Gasteiger partial charge in [0, 0.05) is 6.04 Å². The lowest BCUT2D eigenvalue weighted by molar-refractivity contribution is -0.146. The van der Waals surface area contributed by atoms with Gasteiger partial charge in [0.2, 0.25) is 5.91 Å². The van der Waals surface area contributed by atoms with Gasteiger partial charge in [0.1, 0.15) is 5.82 Å². The Bertz CT molecular complexity index is 728. The van der Waals surface area contributed by atoms with Crippen LogP contribution >= 0.6 is 0 Å². The van der Waals surface area contributed by atoms with Gasteiger partial charge in [0.25, 0.3) is 5.82 Å². The molecule has 10 heteroatoms. The van der Waals surface area contributed by atoms with Gasteiger partial charge in [0.05, 0.1) is 5.92 Å². The van der Waals surface area contributed by atoms with E-state index >= 15 is 0 Å². The molecule has 2 aromatic heterocycles. The molecule has 3 rings (SSSR count). The zero-order chi connectivity index (χ0) is 16.6. The molecule has 0 saturated heterocycles. The number of hydrogen-bond donors (Lipinski definition) is 2. The van der Waals surface area contributed by atoms with E-state index in [9.17, 15) is 18.0 Å². The summed E-state index contributed by atoms with van der Waals surface area (Å²) in [6.45, 7) is 0. The highest BCUT2D eigenvalue weighted by molar-refractivity contribution is 5.78. The lowest BCUT2D eigenvalue weighted by atomic mass is 9.84. The second kappa shape index (κ2) is 5.67. The first kappa shape index (κ1) is 15.5. The highest BCUT2D eigenvalue weighted by Crippen LogP contribution is 2.29. The number of anilines is 1. The molecule has 3 N–H and O–H groups in total. The first-order valence-corrected chi connectivity index (χ1v) is 7.22. The standard InChI is InChI=1S/C13H15F3N6O/c14-13(15,16)12-20-19-10-6-5-9(21-22(10)12)18-8-4-2-1-3-7(8)11(17)23/h5-8H,1-4H2,(H2,17,23)(H,18,21). The van der Waals surface area contributed by atoms with Crippen molar-refractivity contribution in [3.05, 3.63) is 18.0 Å². The van der Waals surface area contributed by atoms with Crippen LogP contribution in [0.15, 0.2) is 12.1 Å². The van der Waals surface area contributed by atoms with Crippen LogP contribution in [0.1, 0.15) is 31.5 Å². The smallest absolute Gasteiger partial charge is 0.369 e. The van der Waals surface area contributed by atoms with Crippen molar-refractivity contribution in [3.8, 4) is 0 Å². The van der Waals surface area contributed by atoms with E-state index in [1.54, 1.807) is 0 Å². The first-order chi connectivity index (χ1) is 10.9. The van der Waals surface area contributed by atoms with Crippen LogP contribution in [0.4, 0.5) is 19.0 Å². The van der Waals surface area contributed by atoms with Gasteiger partial charge in [0.15, 0.2) is 5.65 Å². The van der Waals surface area contributed by atoms with Gasteiger partial charge in [-0.25, -0.2) is 0 Å². The van der Waals surface area contributed by atoms with Crippen molar-refractivity contribution in [1.29, 1.82) is 0 Å². The van der Waals surface area contributed by atoms with Crippen molar-refractivity contribution in [2.75, 3.05) is 5.32 Å². The molecule has 0 aliphatic heterocycles. The molecule has 23 heavy (non-hydrogen) atoms. The second-order valence-electron chi connectivity index (χ2n) is 5.55. The van der Waals surface area contributed by atoms with Crippen LogP contribution in [-0.4, -0.2) is 31.8 Å². The Morgan fingerprint density at radius 3 is 2.70 bits per heavy atom. The highest BCUT2D eigenvalue weighted by atomic mass is 19.4. The number of rotatable bonds is 3.